The number of sulfonamides is 1. The fourth-order valence-corrected chi connectivity index (χ4v) is 3.32. The Kier molecular flexibility index (Phi) is 3.83. The van der Waals surface area contributed by atoms with Gasteiger partial charge in [0.2, 0.25) is 0 Å². The molecule has 1 aromatic heterocycles. The summed E-state index contributed by atoms with van der Waals surface area (Å²) in [5, 5.41) is 18.7. The minimum atomic E-state index is -3.99. The van der Waals surface area contributed by atoms with E-state index >= 15 is 0 Å². The Morgan fingerprint density at radius 1 is 1.39 bits per heavy atom. The number of nitrogens with one attached hydrogen (secondary N) is 2. The second-order valence-corrected chi connectivity index (χ2v) is 7.17. The summed E-state index contributed by atoms with van der Waals surface area (Å²) < 4.78 is 40.5. The van der Waals surface area contributed by atoms with E-state index in [2.05, 4.69) is 9.71 Å². The van der Waals surface area contributed by atoms with Gasteiger partial charge in [0.25, 0.3) is 10.0 Å². The van der Waals surface area contributed by atoms with Crippen LogP contribution in [0.4, 0.5) is 10.1 Å². The van der Waals surface area contributed by atoms with Gasteiger partial charge >= 0.3 is 0 Å². The Hall–Kier alpha value is -2.37. The van der Waals surface area contributed by atoms with Crippen LogP contribution in [0.15, 0.2) is 35.4 Å². The van der Waals surface area contributed by atoms with Gasteiger partial charge in [0.05, 0.1) is 23.4 Å². The molecule has 6 nitrogen and oxygen atoms in total. The molecule has 1 atom stereocenters. The first-order chi connectivity index (χ1) is 10.9. The van der Waals surface area contributed by atoms with E-state index in [-0.39, 0.29) is 22.1 Å². The zero-order valence-electron chi connectivity index (χ0n) is 12.0. The number of hydrogen-bond donors (Lipinski definition) is 3. The fraction of sp³-hybridized carbons (Fsp3) is 0.267. The molecular weight excluding hydrogens is 321 g/mol. The van der Waals surface area contributed by atoms with Crippen molar-refractivity contribution in [2.45, 2.75) is 23.8 Å². The third kappa shape index (κ3) is 3.21. The van der Waals surface area contributed by atoms with Crippen molar-refractivity contribution >= 4 is 15.7 Å². The van der Waals surface area contributed by atoms with Crippen molar-refractivity contribution in [3.8, 4) is 6.07 Å². The van der Waals surface area contributed by atoms with Gasteiger partial charge in [-0.15, -0.1) is 0 Å². The van der Waals surface area contributed by atoms with E-state index in [0.717, 1.165) is 18.9 Å². The Bertz CT molecular complexity index is 882. The molecule has 2 aromatic rings. The van der Waals surface area contributed by atoms with Crippen LogP contribution in [0, 0.1) is 23.1 Å². The summed E-state index contributed by atoms with van der Waals surface area (Å²) in [6.45, 7) is 0. The van der Waals surface area contributed by atoms with Gasteiger partial charge in [0.1, 0.15) is 10.7 Å². The van der Waals surface area contributed by atoms with Gasteiger partial charge in [-0.2, -0.15) is 5.26 Å². The number of aliphatic hydroxyl groups excluding tert-OH is 1. The SMILES string of the molecule is N#Cc1ccc(NS(=O)(=O)c2c[nH]c(C(O)C3CC3)c2)c(F)c1. The molecular formula is C15H14FN3O3S. The maximum absolute atomic E-state index is 13.8. The van der Waals surface area contributed by atoms with Crippen molar-refractivity contribution in [3.05, 3.63) is 47.5 Å². The zero-order valence-corrected chi connectivity index (χ0v) is 12.8. The van der Waals surface area contributed by atoms with Crippen molar-refractivity contribution in [1.29, 1.82) is 5.26 Å². The Balaban J connectivity index is 1.83. The molecule has 0 radical (unpaired) electrons. The highest BCUT2D eigenvalue weighted by atomic mass is 32.2. The summed E-state index contributed by atoms with van der Waals surface area (Å²) in [5.41, 5.74) is 0.282. The maximum atomic E-state index is 13.8. The number of H-pyrrole nitrogens is 1. The highest BCUT2D eigenvalue weighted by Crippen LogP contribution is 2.40. The summed E-state index contributed by atoms with van der Waals surface area (Å²) in [6, 6.07) is 6.58. The maximum Gasteiger partial charge on any atom is 0.263 e. The Morgan fingerprint density at radius 2 is 2.13 bits per heavy atom. The molecule has 0 saturated heterocycles. The lowest BCUT2D eigenvalue weighted by atomic mass is 10.2. The van der Waals surface area contributed by atoms with Crippen molar-refractivity contribution in [2.75, 3.05) is 4.72 Å². The quantitative estimate of drug-likeness (QED) is 0.779. The molecule has 23 heavy (non-hydrogen) atoms. The second kappa shape index (κ2) is 5.68. The molecule has 120 valence electrons. The van der Waals surface area contributed by atoms with Crippen molar-refractivity contribution in [1.82, 2.24) is 4.98 Å². The van der Waals surface area contributed by atoms with E-state index in [9.17, 15) is 17.9 Å². The number of rotatable bonds is 5. The largest absolute Gasteiger partial charge is 0.387 e. The second-order valence-electron chi connectivity index (χ2n) is 5.48. The van der Waals surface area contributed by atoms with Crippen LogP contribution in [0.2, 0.25) is 0 Å². The molecule has 0 aliphatic heterocycles. The first-order valence-electron chi connectivity index (χ1n) is 6.99. The molecule has 8 heteroatoms. The molecule has 1 aromatic carbocycles. The van der Waals surface area contributed by atoms with E-state index < -0.39 is 21.9 Å². The Morgan fingerprint density at radius 3 is 2.74 bits per heavy atom. The lowest BCUT2D eigenvalue weighted by molar-refractivity contribution is 0.149. The number of benzene rings is 1. The van der Waals surface area contributed by atoms with Crippen LogP contribution in [-0.2, 0) is 10.0 Å². The predicted molar refractivity (Wildman–Crippen MR) is 80.4 cm³/mol. The summed E-state index contributed by atoms with van der Waals surface area (Å²) >= 11 is 0. The smallest absolute Gasteiger partial charge is 0.263 e. The fourth-order valence-electron chi connectivity index (χ4n) is 2.25. The number of aliphatic hydroxyl groups is 1. The first kappa shape index (κ1) is 15.5. The number of anilines is 1. The van der Waals surface area contributed by atoms with Gasteiger partial charge in [0, 0.05) is 11.9 Å². The van der Waals surface area contributed by atoms with Crippen LogP contribution >= 0.6 is 0 Å². The van der Waals surface area contributed by atoms with Gasteiger partial charge in [-0.1, -0.05) is 0 Å². The number of nitrogens with zero attached hydrogens (tertiary/aromatic N) is 1. The van der Waals surface area contributed by atoms with Gasteiger partial charge in [-0.3, -0.25) is 4.72 Å². The molecule has 1 unspecified atom stereocenters. The van der Waals surface area contributed by atoms with Crippen LogP contribution in [0.5, 0.6) is 0 Å². The molecule has 3 N–H and O–H groups in total. The van der Waals surface area contributed by atoms with Crippen molar-refractivity contribution in [3.63, 3.8) is 0 Å². The van der Waals surface area contributed by atoms with E-state index in [1.807, 2.05) is 0 Å². The summed E-state index contributed by atoms with van der Waals surface area (Å²) in [6.07, 6.45) is 2.37. The molecule has 0 amide bonds. The van der Waals surface area contributed by atoms with Crippen LogP contribution < -0.4 is 4.72 Å². The number of hydrogen-bond acceptors (Lipinski definition) is 4. The van der Waals surface area contributed by atoms with Crippen LogP contribution in [-0.4, -0.2) is 18.5 Å². The molecule has 0 spiro atoms. The molecule has 3 rings (SSSR count). The average molecular weight is 335 g/mol. The lowest BCUT2D eigenvalue weighted by Gasteiger charge is -2.08. The van der Waals surface area contributed by atoms with Crippen LogP contribution in [0.3, 0.4) is 0 Å². The molecule has 1 heterocycles. The van der Waals surface area contributed by atoms with Gasteiger partial charge in [-0.25, -0.2) is 12.8 Å². The minimum Gasteiger partial charge on any atom is -0.387 e. The van der Waals surface area contributed by atoms with E-state index in [1.165, 1.54) is 24.4 Å². The first-order valence-corrected chi connectivity index (χ1v) is 8.48. The third-order valence-corrected chi connectivity index (χ3v) is 5.06. The molecule has 1 fully saturated rings. The van der Waals surface area contributed by atoms with Crippen molar-refractivity contribution < 1.29 is 17.9 Å². The molecule has 1 saturated carbocycles. The van der Waals surface area contributed by atoms with Crippen molar-refractivity contribution in [2.24, 2.45) is 5.92 Å². The predicted octanol–water partition coefficient (Wildman–Crippen LogP) is 2.27. The van der Waals surface area contributed by atoms with E-state index in [1.54, 1.807) is 6.07 Å². The van der Waals surface area contributed by atoms with E-state index in [0.29, 0.717) is 5.69 Å². The Labute approximate surface area is 132 Å². The van der Waals surface area contributed by atoms with Gasteiger partial charge < -0.3 is 10.1 Å². The zero-order chi connectivity index (χ0) is 16.6. The van der Waals surface area contributed by atoms with Gasteiger partial charge in [-0.05, 0) is 43.0 Å². The number of aromatic amines is 1. The topological polar surface area (TPSA) is 106 Å². The number of nitriles is 1. The van der Waals surface area contributed by atoms with Gasteiger partial charge in [0.15, 0.2) is 0 Å². The normalized spacial score (nSPS) is 15.9. The van der Waals surface area contributed by atoms with Crippen LogP contribution in [0.1, 0.15) is 30.2 Å². The molecule has 0 bridgehead atoms. The monoisotopic (exact) mass is 335 g/mol. The highest BCUT2D eigenvalue weighted by molar-refractivity contribution is 7.92. The number of halogens is 1. The minimum absolute atomic E-state index is 0.0871. The summed E-state index contributed by atoms with van der Waals surface area (Å²) in [4.78, 5) is 2.66. The summed E-state index contributed by atoms with van der Waals surface area (Å²) in [5.74, 6) is -0.672. The number of aromatic nitrogens is 1. The molecule has 1 aliphatic rings. The summed E-state index contributed by atoms with van der Waals surface area (Å²) in [7, 11) is -3.99. The molecule has 1 aliphatic carbocycles. The average Bonchev–Trinajstić information content (AvgIpc) is 3.24. The lowest BCUT2D eigenvalue weighted by Crippen LogP contribution is -2.13. The standard InChI is InChI=1S/C15H14FN3O3S/c16-12-5-9(7-17)1-4-13(12)19-23(21,22)11-6-14(18-8-11)15(20)10-2-3-10/h1,4-6,8,10,15,18-20H,2-3H2. The highest BCUT2D eigenvalue weighted by Gasteiger charge is 2.32. The van der Waals surface area contributed by atoms with Crippen LogP contribution in [0.25, 0.3) is 0 Å². The third-order valence-electron chi connectivity index (χ3n) is 3.72. The van der Waals surface area contributed by atoms with E-state index in [4.69, 9.17) is 5.26 Å².